The van der Waals surface area contributed by atoms with Crippen molar-refractivity contribution in [1.82, 2.24) is 9.80 Å². The van der Waals surface area contributed by atoms with E-state index >= 15 is 0 Å². The second-order valence-electron chi connectivity index (χ2n) is 7.98. The zero-order chi connectivity index (χ0) is 24.5. The van der Waals surface area contributed by atoms with Crippen LogP contribution >= 0.6 is 23.1 Å². The number of nitrogens with zero attached hydrogens (tertiary/aromatic N) is 2. The van der Waals surface area contributed by atoms with E-state index in [4.69, 9.17) is 0 Å². The van der Waals surface area contributed by atoms with Crippen LogP contribution in [0.1, 0.15) is 29.3 Å². The lowest BCUT2D eigenvalue weighted by Gasteiger charge is -2.28. The van der Waals surface area contributed by atoms with Gasteiger partial charge in [0.05, 0.1) is 6.54 Å². The lowest BCUT2D eigenvalue weighted by molar-refractivity contribution is -0.133. The van der Waals surface area contributed by atoms with Crippen molar-refractivity contribution in [2.75, 3.05) is 24.7 Å². The minimum Gasteiger partial charge on any atom is -0.332 e. The average Bonchev–Trinajstić information content (AvgIpc) is 3.24. The molecule has 0 aliphatic rings. The predicted octanol–water partition coefficient (Wildman–Crippen LogP) is 6.39. The van der Waals surface area contributed by atoms with Crippen LogP contribution in [0.2, 0.25) is 0 Å². The number of hydrogen-bond donors (Lipinski definition) is 1. The second-order valence-corrected chi connectivity index (χ2v) is 9.86. The molecule has 3 amide bonds. The van der Waals surface area contributed by atoms with Crippen LogP contribution in [0.15, 0.2) is 64.9 Å². The fraction of sp³-hybridized carbons (Fsp3) is 0.308. The van der Waals surface area contributed by atoms with E-state index in [0.29, 0.717) is 25.3 Å². The number of aryl methyl sites for hydroxylation is 1. The molecule has 1 N–H and O–H groups in total. The minimum absolute atomic E-state index is 0.0335. The Bertz CT molecular complexity index is 1080. The molecule has 3 aromatic rings. The molecule has 0 radical (unpaired) electrons. The van der Waals surface area contributed by atoms with Gasteiger partial charge in [0.25, 0.3) is 0 Å². The molecule has 0 unspecified atom stereocenters. The number of anilines is 1. The van der Waals surface area contributed by atoms with E-state index in [1.807, 2.05) is 55.8 Å². The normalized spacial score (nSPS) is 10.7. The molecule has 0 bridgehead atoms. The van der Waals surface area contributed by atoms with Gasteiger partial charge in [-0.2, -0.15) is 0 Å². The topological polar surface area (TPSA) is 52.7 Å². The molecule has 0 aliphatic carbocycles. The van der Waals surface area contributed by atoms with Crippen molar-refractivity contribution in [3.05, 3.63) is 81.8 Å². The maximum absolute atomic E-state index is 13.4. The van der Waals surface area contributed by atoms with E-state index in [0.717, 1.165) is 27.3 Å². The molecule has 34 heavy (non-hydrogen) atoms. The van der Waals surface area contributed by atoms with Gasteiger partial charge in [-0.25, -0.2) is 9.18 Å². The van der Waals surface area contributed by atoms with E-state index in [-0.39, 0.29) is 24.3 Å². The van der Waals surface area contributed by atoms with Crippen LogP contribution in [-0.2, 0) is 17.9 Å². The van der Waals surface area contributed by atoms with Gasteiger partial charge < -0.3 is 15.1 Å². The maximum Gasteiger partial charge on any atom is 0.322 e. The molecule has 8 heteroatoms. The Hall–Kier alpha value is -2.84. The highest BCUT2D eigenvalue weighted by molar-refractivity contribution is 7.98. The van der Waals surface area contributed by atoms with Crippen LogP contribution in [0.3, 0.4) is 0 Å². The summed E-state index contributed by atoms with van der Waals surface area (Å²) in [6.07, 6.45) is 2.73. The number of urea groups is 1. The lowest BCUT2D eigenvalue weighted by atomic mass is 10.2. The number of rotatable bonds is 10. The van der Waals surface area contributed by atoms with Crippen molar-refractivity contribution in [3.8, 4) is 0 Å². The molecular formula is C26H30FN3O2S2. The number of carbonyl (C=O) groups is 2. The summed E-state index contributed by atoms with van der Waals surface area (Å²) in [4.78, 5) is 31.9. The van der Waals surface area contributed by atoms with Gasteiger partial charge in [0.1, 0.15) is 12.4 Å². The fourth-order valence-corrected chi connectivity index (χ4v) is 4.77. The standard InChI is InChI=1S/C26H30FN3O2S2/c1-4-14-29(26(32)28-22-9-11-23(33-3)12-10-22)18-25(31)30(17-24-19(2)13-15-34-24)16-20-5-7-21(27)8-6-20/h5-13,15H,4,14,16-18H2,1-3H3,(H,28,32). The largest absolute Gasteiger partial charge is 0.332 e. The molecular weight excluding hydrogens is 469 g/mol. The van der Waals surface area contributed by atoms with E-state index in [1.165, 1.54) is 12.1 Å². The maximum atomic E-state index is 13.4. The quantitative estimate of drug-likeness (QED) is 0.329. The van der Waals surface area contributed by atoms with Crippen LogP contribution in [0, 0.1) is 12.7 Å². The Morgan fingerprint density at radius 3 is 2.29 bits per heavy atom. The van der Waals surface area contributed by atoms with E-state index in [2.05, 4.69) is 5.32 Å². The van der Waals surface area contributed by atoms with Gasteiger partial charge in [0.2, 0.25) is 5.91 Å². The van der Waals surface area contributed by atoms with Crippen LogP contribution in [0.4, 0.5) is 14.9 Å². The number of nitrogens with one attached hydrogen (secondary N) is 1. The van der Waals surface area contributed by atoms with Crippen LogP contribution in [-0.4, -0.2) is 41.1 Å². The molecule has 5 nitrogen and oxygen atoms in total. The first kappa shape index (κ1) is 25.8. The number of carbonyl (C=O) groups excluding carboxylic acids is 2. The molecule has 0 fully saturated rings. The van der Waals surface area contributed by atoms with Crippen LogP contribution in [0.25, 0.3) is 0 Å². The van der Waals surface area contributed by atoms with Crippen molar-refractivity contribution >= 4 is 40.7 Å². The zero-order valence-corrected chi connectivity index (χ0v) is 21.3. The second kappa shape index (κ2) is 12.6. The summed E-state index contributed by atoms with van der Waals surface area (Å²) < 4.78 is 13.4. The highest BCUT2D eigenvalue weighted by Gasteiger charge is 2.22. The monoisotopic (exact) mass is 499 g/mol. The van der Waals surface area contributed by atoms with Gasteiger partial charge in [-0.05, 0) is 78.6 Å². The molecule has 3 rings (SSSR count). The first-order chi connectivity index (χ1) is 16.4. The van der Waals surface area contributed by atoms with Crippen LogP contribution < -0.4 is 5.32 Å². The average molecular weight is 500 g/mol. The summed E-state index contributed by atoms with van der Waals surface area (Å²) >= 11 is 3.23. The molecule has 0 saturated carbocycles. The summed E-state index contributed by atoms with van der Waals surface area (Å²) in [5, 5.41) is 4.90. The SMILES string of the molecule is CCCN(CC(=O)N(Cc1ccc(F)cc1)Cc1sccc1C)C(=O)Nc1ccc(SC)cc1. The van der Waals surface area contributed by atoms with Gasteiger partial charge >= 0.3 is 6.03 Å². The van der Waals surface area contributed by atoms with Crippen molar-refractivity contribution in [2.24, 2.45) is 0 Å². The molecule has 0 aliphatic heterocycles. The number of thioether (sulfide) groups is 1. The van der Waals surface area contributed by atoms with Gasteiger partial charge in [0, 0.05) is 28.5 Å². The minimum atomic E-state index is -0.313. The zero-order valence-electron chi connectivity index (χ0n) is 19.7. The summed E-state index contributed by atoms with van der Waals surface area (Å²) in [6.45, 7) is 5.21. The van der Waals surface area contributed by atoms with Gasteiger partial charge in [-0.1, -0.05) is 19.1 Å². The first-order valence-electron chi connectivity index (χ1n) is 11.1. The van der Waals surface area contributed by atoms with Gasteiger partial charge in [0.15, 0.2) is 0 Å². The van der Waals surface area contributed by atoms with E-state index in [1.54, 1.807) is 45.0 Å². The number of benzene rings is 2. The third-order valence-corrected chi connectivity index (χ3v) is 7.14. The third-order valence-electron chi connectivity index (χ3n) is 5.39. The molecule has 180 valence electrons. The first-order valence-corrected chi connectivity index (χ1v) is 13.2. The van der Waals surface area contributed by atoms with Crippen molar-refractivity contribution < 1.29 is 14.0 Å². The molecule has 0 atom stereocenters. The molecule has 1 heterocycles. The number of thiophene rings is 1. The smallest absolute Gasteiger partial charge is 0.322 e. The summed E-state index contributed by atoms with van der Waals surface area (Å²) in [5.41, 5.74) is 2.65. The Morgan fingerprint density at radius 1 is 1.00 bits per heavy atom. The highest BCUT2D eigenvalue weighted by Crippen LogP contribution is 2.21. The van der Waals surface area contributed by atoms with Gasteiger partial charge in [-0.15, -0.1) is 23.1 Å². The Kier molecular flexibility index (Phi) is 9.53. The predicted molar refractivity (Wildman–Crippen MR) is 139 cm³/mol. The summed E-state index contributed by atoms with van der Waals surface area (Å²) in [5.74, 6) is -0.467. The number of halogens is 1. The molecule has 0 spiro atoms. The van der Waals surface area contributed by atoms with Crippen molar-refractivity contribution in [2.45, 2.75) is 38.3 Å². The third kappa shape index (κ3) is 7.33. The molecule has 2 aromatic carbocycles. The summed E-state index contributed by atoms with van der Waals surface area (Å²) in [7, 11) is 0. The number of hydrogen-bond acceptors (Lipinski definition) is 4. The van der Waals surface area contributed by atoms with E-state index in [9.17, 15) is 14.0 Å². The fourth-order valence-electron chi connectivity index (χ4n) is 3.44. The van der Waals surface area contributed by atoms with Gasteiger partial charge in [-0.3, -0.25) is 4.79 Å². The Morgan fingerprint density at radius 2 is 1.71 bits per heavy atom. The lowest BCUT2D eigenvalue weighted by Crippen LogP contribution is -2.44. The number of amides is 3. The van der Waals surface area contributed by atoms with E-state index < -0.39 is 0 Å². The van der Waals surface area contributed by atoms with Crippen molar-refractivity contribution in [1.29, 1.82) is 0 Å². The summed E-state index contributed by atoms with van der Waals surface area (Å²) in [6, 6.07) is 15.5. The molecule has 1 aromatic heterocycles. The molecule has 0 saturated heterocycles. The van der Waals surface area contributed by atoms with Crippen LogP contribution in [0.5, 0.6) is 0 Å². The highest BCUT2D eigenvalue weighted by atomic mass is 32.2. The van der Waals surface area contributed by atoms with Crippen molar-refractivity contribution in [3.63, 3.8) is 0 Å². The Balaban J connectivity index is 1.74. The Labute approximate surface area is 209 Å².